The summed E-state index contributed by atoms with van der Waals surface area (Å²) in [5.74, 6) is -0.854. The van der Waals surface area contributed by atoms with E-state index in [4.69, 9.17) is 0 Å². The third kappa shape index (κ3) is 5.69. The molecule has 6 nitrogen and oxygen atoms in total. The van der Waals surface area contributed by atoms with E-state index in [0.29, 0.717) is 13.1 Å². The normalized spacial score (nSPS) is 16.1. The van der Waals surface area contributed by atoms with Crippen molar-refractivity contribution in [1.82, 2.24) is 4.90 Å². The fraction of sp³-hybridized carbons (Fsp3) is 0.375. The first-order valence-electron chi connectivity index (χ1n) is 10.3. The van der Waals surface area contributed by atoms with E-state index in [1.165, 1.54) is 12.7 Å². The van der Waals surface area contributed by atoms with Gasteiger partial charge in [-0.15, -0.1) is 0 Å². The van der Waals surface area contributed by atoms with Crippen LogP contribution in [0.25, 0.3) is 11.1 Å². The largest absolute Gasteiger partial charge is 0.469 e. The number of esters is 1. The van der Waals surface area contributed by atoms with E-state index >= 15 is 0 Å². The number of hydrogen-bond donors (Lipinski definition) is 1. The van der Waals surface area contributed by atoms with Gasteiger partial charge < -0.3 is 15.0 Å². The number of ether oxygens (including phenoxy) is 1. The van der Waals surface area contributed by atoms with Crippen LogP contribution in [-0.4, -0.2) is 42.9 Å². The Bertz CT molecular complexity index is 925. The molecule has 0 spiro atoms. The van der Waals surface area contributed by atoms with Crippen molar-refractivity contribution >= 4 is 23.5 Å². The zero-order valence-electron chi connectivity index (χ0n) is 17.5. The lowest BCUT2D eigenvalue weighted by Crippen LogP contribution is -2.43. The Balaban J connectivity index is 1.61. The van der Waals surface area contributed by atoms with Gasteiger partial charge in [0.2, 0.25) is 11.8 Å². The van der Waals surface area contributed by atoms with Gasteiger partial charge in [-0.3, -0.25) is 14.4 Å². The van der Waals surface area contributed by atoms with Crippen LogP contribution in [-0.2, 0) is 19.1 Å². The van der Waals surface area contributed by atoms with Crippen LogP contribution in [0.3, 0.4) is 0 Å². The van der Waals surface area contributed by atoms with Gasteiger partial charge in [0, 0.05) is 25.2 Å². The number of carbonyl (C=O) groups excluding carboxylic acids is 3. The number of benzene rings is 2. The Hall–Kier alpha value is -3.15. The fourth-order valence-corrected chi connectivity index (χ4v) is 3.73. The van der Waals surface area contributed by atoms with Gasteiger partial charge in [0.15, 0.2) is 0 Å². The van der Waals surface area contributed by atoms with E-state index in [9.17, 15) is 14.4 Å². The first-order valence-corrected chi connectivity index (χ1v) is 10.3. The van der Waals surface area contributed by atoms with Crippen LogP contribution in [0.2, 0.25) is 0 Å². The molecule has 0 radical (unpaired) electrons. The molecule has 1 saturated heterocycles. The van der Waals surface area contributed by atoms with Crippen molar-refractivity contribution in [2.24, 2.45) is 5.92 Å². The van der Waals surface area contributed by atoms with Gasteiger partial charge in [0.05, 0.1) is 19.4 Å². The number of nitrogens with zero attached hydrogens (tertiary/aromatic N) is 1. The first kappa shape index (κ1) is 21.6. The third-order valence-electron chi connectivity index (χ3n) is 5.40. The molecule has 158 valence electrons. The molecule has 0 aromatic heterocycles. The van der Waals surface area contributed by atoms with E-state index in [-0.39, 0.29) is 30.6 Å². The van der Waals surface area contributed by atoms with Gasteiger partial charge >= 0.3 is 5.97 Å². The molecule has 1 aliphatic rings. The molecular formula is C24H28N2O4. The quantitative estimate of drug-likeness (QED) is 0.738. The highest BCUT2D eigenvalue weighted by atomic mass is 16.5. The maximum absolute atomic E-state index is 12.8. The number of amides is 2. The van der Waals surface area contributed by atoms with Crippen molar-refractivity contribution in [2.45, 2.75) is 32.6 Å². The molecule has 2 aromatic carbocycles. The van der Waals surface area contributed by atoms with E-state index in [1.807, 2.05) is 36.4 Å². The predicted octanol–water partition coefficient (Wildman–Crippen LogP) is 3.79. The second-order valence-corrected chi connectivity index (χ2v) is 7.69. The van der Waals surface area contributed by atoms with Crippen LogP contribution < -0.4 is 5.32 Å². The predicted molar refractivity (Wildman–Crippen MR) is 116 cm³/mol. The Morgan fingerprint density at radius 1 is 1.07 bits per heavy atom. The number of hydrogen-bond acceptors (Lipinski definition) is 4. The standard InChI is InChI=1S/C24H28N2O4/c1-17-6-3-7-18(14-17)19-8-4-10-21(15-19)25-24(29)20-9-5-13-26(16-20)22(27)11-12-23(28)30-2/h3-4,6-8,10,14-15,20H,5,9,11-13,16H2,1-2H3,(H,25,29)/t20-/m1/s1. The minimum atomic E-state index is -0.400. The molecule has 3 rings (SSSR count). The van der Waals surface area contributed by atoms with Crippen molar-refractivity contribution in [2.75, 3.05) is 25.5 Å². The lowest BCUT2D eigenvalue weighted by Gasteiger charge is -2.32. The van der Waals surface area contributed by atoms with Crippen LogP contribution in [0.5, 0.6) is 0 Å². The smallest absolute Gasteiger partial charge is 0.306 e. The molecule has 1 fully saturated rings. The number of nitrogens with one attached hydrogen (secondary N) is 1. The van der Waals surface area contributed by atoms with Gasteiger partial charge in [-0.05, 0) is 43.0 Å². The zero-order valence-corrected chi connectivity index (χ0v) is 17.5. The maximum Gasteiger partial charge on any atom is 0.306 e. The molecule has 1 aliphatic heterocycles. The van der Waals surface area contributed by atoms with Crippen LogP contribution in [0.4, 0.5) is 5.69 Å². The SMILES string of the molecule is COC(=O)CCC(=O)N1CCC[C@@H](C(=O)Nc2cccc(-c3cccc(C)c3)c2)C1. The fourth-order valence-electron chi connectivity index (χ4n) is 3.73. The zero-order chi connectivity index (χ0) is 21.5. The van der Waals surface area contributed by atoms with Gasteiger partial charge in [0.1, 0.15) is 0 Å². The molecule has 2 aromatic rings. The van der Waals surface area contributed by atoms with Crippen LogP contribution in [0.15, 0.2) is 48.5 Å². The van der Waals surface area contributed by atoms with Gasteiger partial charge in [0.25, 0.3) is 0 Å². The lowest BCUT2D eigenvalue weighted by atomic mass is 9.96. The number of piperidine rings is 1. The van der Waals surface area contributed by atoms with E-state index in [2.05, 4.69) is 29.1 Å². The van der Waals surface area contributed by atoms with Gasteiger partial charge in [-0.25, -0.2) is 0 Å². The Morgan fingerprint density at radius 2 is 1.80 bits per heavy atom. The van der Waals surface area contributed by atoms with Crippen LogP contribution >= 0.6 is 0 Å². The second kappa shape index (κ2) is 10.1. The first-order chi connectivity index (χ1) is 14.5. The molecule has 1 N–H and O–H groups in total. The van der Waals surface area contributed by atoms with Gasteiger partial charge in [-0.2, -0.15) is 0 Å². The summed E-state index contributed by atoms with van der Waals surface area (Å²) in [6.07, 6.45) is 1.68. The molecule has 0 unspecified atom stereocenters. The highest BCUT2D eigenvalue weighted by molar-refractivity contribution is 5.94. The summed E-state index contributed by atoms with van der Waals surface area (Å²) in [5, 5.41) is 3.00. The van der Waals surface area contributed by atoms with Crippen molar-refractivity contribution in [3.63, 3.8) is 0 Å². The average molecular weight is 408 g/mol. The molecule has 6 heteroatoms. The molecule has 30 heavy (non-hydrogen) atoms. The molecule has 0 aliphatic carbocycles. The molecule has 2 amide bonds. The minimum Gasteiger partial charge on any atom is -0.469 e. The Morgan fingerprint density at radius 3 is 2.53 bits per heavy atom. The summed E-state index contributed by atoms with van der Waals surface area (Å²) >= 11 is 0. The molecule has 1 atom stereocenters. The van der Waals surface area contributed by atoms with E-state index in [0.717, 1.165) is 29.7 Å². The molecule has 1 heterocycles. The number of aryl methyl sites for hydroxylation is 1. The summed E-state index contributed by atoms with van der Waals surface area (Å²) < 4.78 is 4.59. The number of methoxy groups -OCH3 is 1. The summed E-state index contributed by atoms with van der Waals surface area (Å²) in [6.45, 7) is 3.05. The molecular weight excluding hydrogens is 380 g/mol. The summed E-state index contributed by atoms with van der Waals surface area (Å²) in [6, 6.07) is 16.0. The van der Waals surface area contributed by atoms with Gasteiger partial charge in [-0.1, -0.05) is 42.0 Å². The van der Waals surface area contributed by atoms with E-state index < -0.39 is 5.97 Å². The van der Waals surface area contributed by atoms with E-state index in [1.54, 1.807) is 4.90 Å². The maximum atomic E-state index is 12.8. The van der Waals surface area contributed by atoms with Crippen molar-refractivity contribution in [3.05, 3.63) is 54.1 Å². The van der Waals surface area contributed by atoms with Crippen molar-refractivity contribution in [1.29, 1.82) is 0 Å². The summed E-state index contributed by atoms with van der Waals surface area (Å²) in [7, 11) is 1.31. The monoisotopic (exact) mass is 408 g/mol. The molecule has 0 saturated carbocycles. The summed E-state index contributed by atoms with van der Waals surface area (Å²) in [5.41, 5.74) is 4.07. The second-order valence-electron chi connectivity index (χ2n) is 7.69. The Labute approximate surface area is 177 Å². The van der Waals surface area contributed by atoms with Crippen LogP contribution in [0.1, 0.15) is 31.2 Å². The average Bonchev–Trinajstić information content (AvgIpc) is 2.77. The lowest BCUT2D eigenvalue weighted by molar-refractivity contribution is -0.144. The third-order valence-corrected chi connectivity index (χ3v) is 5.40. The topological polar surface area (TPSA) is 75.7 Å². The number of rotatable bonds is 6. The number of carbonyl (C=O) groups is 3. The summed E-state index contributed by atoms with van der Waals surface area (Å²) in [4.78, 5) is 38.1. The highest BCUT2D eigenvalue weighted by Gasteiger charge is 2.28. The van der Waals surface area contributed by atoms with Crippen molar-refractivity contribution in [3.8, 4) is 11.1 Å². The van der Waals surface area contributed by atoms with Crippen LogP contribution in [0, 0.1) is 12.8 Å². The van der Waals surface area contributed by atoms with Crippen molar-refractivity contribution < 1.29 is 19.1 Å². The molecule has 0 bridgehead atoms. The highest BCUT2D eigenvalue weighted by Crippen LogP contribution is 2.25. The number of anilines is 1. The number of likely N-dealkylation sites (tertiary alicyclic amines) is 1. The Kier molecular flexibility index (Phi) is 7.22. The minimum absolute atomic E-state index is 0.0639.